The van der Waals surface area contributed by atoms with E-state index in [0.29, 0.717) is 16.8 Å². The molecule has 0 amide bonds. The fraction of sp³-hybridized carbons (Fsp3) is 0.333. The summed E-state index contributed by atoms with van der Waals surface area (Å²) in [5, 5.41) is 0. The second-order valence-corrected chi connectivity index (χ2v) is 6.41. The molecule has 5 heteroatoms. The Morgan fingerprint density at radius 1 is 1.13 bits per heavy atom. The molecule has 0 bridgehead atoms. The summed E-state index contributed by atoms with van der Waals surface area (Å²) in [6.45, 7) is 0.619. The molecule has 2 aromatic carbocycles. The molecular weight excluding hydrogens is 363 g/mol. The van der Waals surface area contributed by atoms with Gasteiger partial charge in [0.15, 0.2) is 11.6 Å². The van der Waals surface area contributed by atoms with Gasteiger partial charge in [0.25, 0.3) is 0 Å². The van der Waals surface area contributed by atoms with Gasteiger partial charge in [-0.3, -0.25) is 0 Å². The van der Waals surface area contributed by atoms with Crippen LogP contribution in [0.15, 0.2) is 46.9 Å². The summed E-state index contributed by atoms with van der Waals surface area (Å²) < 4.78 is 30.7. The van der Waals surface area contributed by atoms with Crippen LogP contribution in [0.3, 0.4) is 0 Å². The molecule has 122 valence electrons. The lowest BCUT2D eigenvalue weighted by atomic mass is 9.92. The van der Waals surface area contributed by atoms with Crippen LogP contribution in [0.2, 0.25) is 0 Å². The first-order valence-corrected chi connectivity index (χ1v) is 8.30. The zero-order valence-corrected chi connectivity index (χ0v) is 14.4. The maximum atomic E-state index is 13.7. The lowest BCUT2D eigenvalue weighted by Crippen LogP contribution is -2.39. The Hall–Kier alpha value is -1.59. The first kappa shape index (κ1) is 16.3. The molecule has 0 atom stereocenters. The van der Waals surface area contributed by atoms with Crippen LogP contribution in [0.4, 0.5) is 4.39 Å². The Balaban J connectivity index is 1.48. The SMILES string of the molecule is COc1cc(O[C@H]2C[C@H](OCc3ccccc3)C2)cc(Br)c1F. The zero-order valence-electron chi connectivity index (χ0n) is 12.8. The van der Waals surface area contributed by atoms with Crippen molar-refractivity contribution < 1.29 is 18.6 Å². The highest BCUT2D eigenvalue weighted by molar-refractivity contribution is 9.10. The predicted octanol–water partition coefficient (Wildman–Crippen LogP) is 4.72. The van der Waals surface area contributed by atoms with Gasteiger partial charge in [0.2, 0.25) is 0 Å². The Labute approximate surface area is 143 Å². The van der Waals surface area contributed by atoms with Crippen molar-refractivity contribution in [1.29, 1.82) is 0 Å². The molecule has 2 aromatic rings. The Bertz CT molecular complexity index is 657. The summed E-state index contributed by atoms with van der Waals surface area (Å²) in [5.41, 5.74) is 1.17. The largest absolute Gasteiger partial charge is 0.493 e. The summed E-state index contributed by atoms with van der Waals surface area (Å²) >= 11 is 3.17. The average Bonchev–Trinajstić information content (AvgIpc) is 2.53. The number of ether oxygens (including phenoxy) is 3. The van der Waals surface area contributed by atoms with Gasteiger partial charge in [0.05, 0.1) is 24.3 Å². The fourth-order valence-electron chi connectivity index (χ4n) is 2.49. The van der Waals surface area contributed by atoms with Crippen LogP contribution in [0, 0.1) is 5.82 Å². The molecular formula is C18H18BrFO3. The minimum Gasteiger partial charge on any atom is -0.493 e. The lowest BCUT2D eigenvalue weighted by Gasteiger charge is -2.35. The zero-order chi connectivity index (χ0) is 16.2. The molecule has 0 saturated heterocycles. The van der Waals surface area contributed by atoms with Crippen molar-refractivity contribution in [3.63, 3.8) is 0 Å². The van der Waals surface area contributed by atoms with Gasteiger partial charge in [-0.05, 0) is 27.6 Å². The molecule has 3 nitrogen and oxygen atoms in total. The third-order valence-electron chi connectivity index (χ3n) is 3.87. The van der Waals surface area contributed by atoms with Crippen LogP contribution in [0.5, 0.6) is 11.5 Å². The fourth-order valence-corrected chi connectivity index (χ4v) is 2.91. The summed E-state index contributed by atoms with van der Waals surface area (Å²) in [7, 11) is 1.44. The number of hydrogen-bond acceptors (Lipinski definition) is 3. The molecule has 3 rings (SSSR count). The van der Waals surface area contributed by atoms with E-state index in [1.165, 1.54) is 12.7 Å². The number of halogens is 2. The standard InChI is InChI=1S/C18H18BrFO3/c1-21-17-10-15(9-16(19)18(17)20)23-14-7-13(8-14)22-11-12-5-3-2-4-6-12/h2-6,9-10,13-14H,7-8,11H2,1H3/t13-,14-. The average molecular weight is 381 g/mol. The normalized spacial score (nSPS) is 20.0. The quantitative estimate of drug-likeness (QED) is 0.725. The van der Waals surface area contributed by atoms with Crippen molar-refractivity contribution in [3.05, 3.63) is 58.3 Å². The van der Waals surface area contributed by atoms with Gasteiger partial charge in [0.1, 0.15) is 11.9 Å². The van der Waals surface area contributed by atoms with E-state index in [2.05, 4.69) is 28.1 Å². The first-order valence-electron chi connectivity index (χ1n) is 7.51. The summed E-state index contributed by atoms with van der Waals surface area (Å²) in [4.78, 5) is 0. The van der Waals surface area contributed by atoms with E-state index in [0.717, 1.165) is 12.8 Å². The van der Waals surface area contributed by atoms with E-state index < -0.39 is 5.82 Å². The number of rotatable bonds is 6. The van der Waals surface area contributed by atoms with Crippen LogP contribution in [-0.4, -0.2) is 19.3 Å². The Morgan fingerprint density at radius 2 is 1.87 bits per heavy atom. The molecule has 1 aliphatic rings. The minimum absolute atomic E-state index is 0.0952. The van der Waals surface area contributed by atoms with Gasteiger partial charge in [-0.15, -0.1) is 0 Å². The van der Waals surface area contributed by atoms with Crippen LogP contribution < -0.4 is 9.47 Å². The number of hydrogen-bond donors (Lipinski definition) is 0. The Morgan fingerprint density at radius 3 is 2.57 bits per heavy atom. The van der Waals surface area contributed by atoms with E-state index in [-0.39, 0.29) is 18.0 Å². The summed E-state index contributed by atoms with van der Waals surface area (Å²) in [6.07, 6.45) is 1.98. The van der Waals surface area contributed by atoms with Crippen LogP contribution in [-0.2, 0) is 11.3 Å². The first-order chi connectivity index (χ1) is 11.2. The monoisotopic (exact) mass is 380 g/mol. The molecule has 0 heterocycles. The molecule has 0 aliphatic heterocycles. The predicted molar refractivity (Wildman–Crippen MR) is 89.3 cm³/mol. The minimum atomic E-state index is -0.419. The molecule has 0 unspecified atom stereocenters. The molecule has 23 heavy (non-hydrogen) atoms. The molecule has 1 saturated carbocycles. The molecule has 0 N–H and O–H groups in total. The molecule has 0 radical (unpaired) electrons. The molecule has 0 spiro atoms. The van der Waals surface area contributed by atoms with E-state index >= 15 is 0 Å². The van der Waals surface area contributed by atoms with Gasteiger partial charge in [-0.25, -0.2) is 4.39 Å². The second kappa shape index (κ2) is 7.32. The Kier molecular flexibility index (Phi) is 5.18. The highest BCUT2D eigenvalue weighted by atomic mass is 79.9. The van der Waals surface area contributed by atoms with Crippen molar-refractivity contribution in [2.75, 3.05) is 7.11 Å². The van der Waals surface area contributed by atoms with Crippen molar-refractivity contribution in [2.24, 2.45) is 0 Å². The highest BCUT2D eigenvalue weighted by Crippen LogP contribution is 2.34. The number of benzene rings is 2. The summed E-state index contributed by atoms with van der Waals surface area (Å²) in [5.74, 6) is 0.352. The third kappa shape index (κ3) is 4.03. The van der Waals surface area contributed by atoms with Gasteiger partial charge < -0.3 is 14.2 Å². The van der Waals surface area contributed by atoms with Crippen molar-refractivity contribution in [3.8, 4) is 11.5 Å². The second-order valence-electron chi connectivity index (χ2n) is 5.55. The smallest absolute Gasteiger partial charge is 0.179 e. The van der Waals surface area contributed by atoms with E-state index in [1.807, 2.05) is 18.2 Å². The van der Waals surface area contributed by atoms with Crippen LogP contribution in [0.1, 0.15) is 18.4 Å². The maximum absolute atomic E-state index is 13.7. The summed E-state index contributed by atoms with van der Waals surface area (Å²) in [6, 6.07) is 13.3. The van der Waals surface area contributed by atoms with Crippen LogP contribution in [0.25, 0.3) is 0 Å². The molecule has 0 aromatic heterocycles. The molecule has 1 aliphatic carbocycles. The van der Waals surface area contributed by atoms with Crippen molar-refractivity contribution in [2.45, 2.75) is 31.7 Å². The van der Waals surface area contributed by atoms with E-state index in [1.54, 1.807) is 12.1 Å². The highest BCUT2D eigenvalue weighted by Gasteiger charge is 2.32. The van der Waals surface area contributed by atoms with E-state index in [9.17, 15) is 4.39 Å². The van der Waals surface area contributed by atoms with Gasteiger partial charge >= 0.3 is 0 Å². The van der Waals surface area contributed by atoms with Crippen LogP contribution >= 0.6 is 15.9 Å². The third-order valence-corrected chi connectivity index (χ3v) is 4.45. The lowest BCUT2D eigenvalue weighted by molar-refractivity contribution is -0.0684. The van der Waals surface area contributed by atoms with Gasteiger partial charge in [-0.2, -0.15) is 0 Å². The number of methoxy groups -OCH3 is 1. The van der Waals surface area contributed by atoms with Crippen molar-refractivity contribution >= 4 is 15.9 Å². The van der Waals surface area contributed by atoms with Gasteiger partial charge in [0, 0.05) is 18.9 Å². The van der Waals surface area contributed by atoms with Gasteiger partial charge in [-0.1, -0.05) is 30.3 Å². The van der Waals surface area contributed by atoms with Crippen molar-refractivity contribution in [1.82, 2.24) is 0 Å². The maximum Gasteiger partial charge on any atom is 0.179 e. The van der Waals surface area contributed by atoms with E-state index in [4.69, 9.17) is 14.2 Å². The topological polar surface area (TPSA) is 27.7 Å². The molecule has 1 fully saturated rings.